The lowest BCUT2D eigenvalue weighted by atomic mass is 10.0. The fourth-order valence-corrected chi connectivity index (χ4v) is 1.85. The van der Waals surface area contributed by atoms with Gasteiger partial charge in [-0.05, 0) is 29.9 Å². The fourth-order valence-electron chi connectivity index (χ4n) is 1.36. The number of hydrogen-bond donors (Lipinski definition) is 1. The third kappa shape index (κ3) is 6.64. The molecule has 0 heterocycles. The molecule has 1 aromatic carbocycles. The van der Waals surface area contributed by atoms with E-state index in [4.69, 9.17) is 5.11 Å². The molecule has 0 saturated carbocycles. The minimum Gasteiger partial charge on any atom is -0.395 e. The number of carbonyl (C=O) groups is 1. The molecule has 3 heteroatoms. The minimum absolute atomic E-state index is 0.0238. The number of carbonyl (C=O) groups excluding carboxylic acids is 1. The second kappa shape index (κ2) is 8.13. The zero-order valence-electron chi connectivity index (χ0n) is 12.6. The predicted molar refractivity (Wildman–Crippen MR) is 88.3 cm³/mol. The van der Waals surface area contributed by atoms with Gasteiger partial charge in [-0.15, -0.1) is 5.54 Å². The Morgan fingerprint density at radius 3 is 2.57 bits per heavy atom. The van der Waals surface area contributed by atoms with Gasteiger partial charge in [-0.3, -0.25) is 4.79 Å². The van der Waals surface area contributed by atoms with Gasteiger partial charge in [-0.2, -0.15) is 0 Å². The summed E-state index contributed by atoms with van der Waals surface area (Å²) in [6.07, 6.45) is 0.400. The molecule has 0 spiro atoms. The van der Waals surface area contributed by atoms with E-state index in [0.29, 0.717) is 17.5 Å². The lowest BCUT2D eigenvalue weighted by Crippen LogP contribution is -2.17. The van der Waals surface area contributed by atoms with Gasteiger partial charge in [0.15, 0.2) is 0 Å². The van der Waals surface area contributed by atoms with E-state index < -0.39 is 8.07 Å². The van der Waals surface area contributed by atoms with Crippen molar-refractivity contribution in [2.45, 2.75) is 26.1 Å². The average Bonchev–Trinajstić information content (AvgIpc) is 2.44. The summed E-state index contributed by atoms with van der Waals surface area (Å²) in [5.74, 6) is 13.4. The summed E-state index contributed by atoms with van der Waals surface area (Å²) < 4.78 is 0. The number of hydrogen-bond acceptors (Lipinski definition) is 2. The van der Waals surface area contributed by atoms with Crippen LogP contribution in [0.3, 0.4) is 0 Å². The number of ketones is 1. The molecule has 0 saturated heterocycles. The molecule has 1 N–H and O–H groups in total. The van der Waals surface area contributed by atoms with Gasteiger partial charge in [-0.1, -0.05) is 43.6 Å². The van der Waals surface area contributed by atoms with Gasteiger partial charge in [0, 0.05) is 17.5 Å². The van der Waals surface area contributed by atoms with Crippen LogP contribution in [-0.2, 0) is 0 Å². The number of aliphatic hydroxyl groups is 1. The van der Waals surface area contributed by atoms with Crippen molar-refractivity contribution < 1.29 is 9.90 Å². The van der Waals surface area contributed by atoms with Crippen molar-refractivity contribution in [2.75, 3.05) is 6.61 Å². The van der Waals surface area contributed by atoms with E-state index in [0.717, 1.165) is 0 Å². The Morgan fingerprint density at radius 1 is 1.19 bits per heavy atom. The van der Waals surface area contributed by atoms with Gasteiger partial charge < -0.3 is 5.11 Å². The SMILES string of the molecule is C[Si](C)(C)C#CC(=O)c1ccccc1C#CC#CCCO. The van der Waals surface area contributed by atoms with Gasteiger partial charge in [0.05, 0.1) is 6.61 Å². The molecule has 0 aliphatic carbocycles. The molecule has 0 unspecified atom stereocenters. The highest BCUT2D eigenvalue weighted by atomic mass is 28.3. The fraction of sp³-hybridized carbons (Fsp3) is 0.278. The summed E-state index contributed by atoms with van der Waals surface area (Å²) in [5.41, 5.74) is 4.21. The third-order valence-electron chi connectivity index (χ3n) is 2.31. The Balaban J connectivity index is 3.02. The third-order valence-corrected chi connectivity index (χ3v) is 3.18. The summed E-state index contributed by atoms with van der Waals surface area (Å²) in [5, 5.41) is 8.62. The Bertz CT molecular complexity index is 692. The molecule has 1 rings (SSSR count). The molecule has 0 aliphatic heterocycles. The Kier molecular flexibility index (Phi) is 6.50. The lowest BCUT2D eigenvalue weighted by molar-refractivity contribution is 0.105. The second-order valence-electron chi connectivity index (χ2n) is 5.40. The molecule has 0 fully saturated rings. The average molecular weight is 294 g/mol. The van der Waals surface area contributed by atoms with E-state index in [-0.39, 0.29) is 12.4 Å². The maximum atomic E-state index is 12.2. The predicted octanol–water partition coefficient (Wildman–Crippen LogP) is 2.49. The topological polar surface area (TPSA) is 37.3 Å². The van der Waals surface area contributed by atoms with Crippen LogP contribution < -0.4 is 0 Å². The highest BCUT2D eigenvalue weighted by Crippen LogP contribution is 2.08. The Hall–Kier alpha value is -2.25. The summed E-state index contributed by atoms with van der Waals surface area (Å²) >= 11 is 0. The maximum Gasteiger partial charge on any atom is 0.236 e. The van der Waals surface area contributed by atoms with Crippen molar-refractivity contribution >= 4 is 13.9 Å². The van der Waals surface area contributed by atoms with Crippen LogP contribution >= 0.6 is 0 Å². The zero-order valence-corrected chi connectivity index (χ0v) is 13.6. The van der Waals surface area contributed by atoms with Crippen molar-refractivity contribution in [3.05, 3.63) is 35.4 Å². The normalized spacial score (nSPS) is 9.33. The van der Waals surface area contributed by atoms with Crippen molar-refractivity contribution in [2.24, 2.45) is 0 Å². The molecule has 21 heavy (non-hydrogen) atoms. The first-order valence-corrected chi connectivity index (χ1v) is 10.2. The van der Waals surface area contributed by atoms with E-state index in [2.05, 4.69) is 54.8 Å². The number of Topliss-reactive ketones (excluding diaryl/α,β-unsaturated/α-hetero) is 1. The number of benzene rings is 1. The van der Waals surface area contributed by atoms with Crippen LogP contribution in [-0.4, -0.2) is 25.6 Å². The van der Waals surface area contributed by atoms with Crippen molar-refractivity contribution in [1.82, 2.24) is 0 Å². The minimum atomic E-state index is -1.57. The molecule has 0 bridgehead atoms. The molecule has 2 nitrogen and oxygen atoms in total. The van der Waals surface area contributed by atoms with Gasteiger partial charge in [0.2, 0.25) is 5.78 Å². The smallest absolute Gasteiger partial charge is 0.236 e. The van der Waals surface area contributed by atoms with Crippen molar-refractivity contribution in [1.29, 1.82) is 0 Å². The molecule has 0 aromatic heterocycles. The van der Waals surface area contributed by atoms with E-state index in [1.54, 1.807) is 18.2 Å². The zero-order chi connectivity index (χ0) is 15.7. The molecular weight excluding hydrogens is 276 g/mol. The second-order valence-corrected chi connectivity index (χ2v) is 10.2. The van der Waals surface area contributed by atoms with Crippen LogP contribution in [0.5, 0.6) is 0 Å². The first-order chi connectivity index (χ1) is 9.94. The van der Waals surface area contributed by atoms with Crippen LogP contribution in [0, 0.1) is 35.1 Å². The highest BCUT2D eigenvalue weighted by Gasteiger charge is 2.10. The molecule has 0 radical (unpaired) electrons. The molecular formula is C18H18O2Si. The van der Waals surface area contributed by atoms with Crippen LogP contribution in [0.2, 0.25) is 19.6 Å². The summed E-state index contributed by atoms with van der Waals surface area (Å²) in [4.78, 5) is 12.2. The van der Waals surface area contributed by atoms with Crippen LogP contribution in [0.15, 0.2) is 24.3 Å². The summed E-state index contributed by atoms with van der Waals surface area (Å²) in [7, 11) is -1.57. The summed E-state index contributed by atoms with van der Waals surface area (Å²) in [6, 6.07) is 7.14. The largest absolute Gasteiger partial charge is 0.395 e. The van der Waals surface area contributed by atoms with E-state index in [9.17, 15) is 4.79 Å². The highest BCUT2D eigenvalue weighted by molar-refractivity contribution is 6.84. The first kappa shape index (κ1) is 16.8. The Morgan fingerprint density at radius 2 is 1.90 bits per heavy atom. The van der Waals surface area contributed by atoms with Gasteiger partial charge in [0.1, 0.15) is 8.07 Å². The van der Waals surface area contributed by atoms with Gasteiger partial charge >= 0.3 is 0 Å². The van der Waals surface area contributed by atoms with Crippen LogP contribution in [0.4, 0.5) is 0 Å². The number of aliphatic hydroxyl groups excluding tert-OH is 1. The van der Waals surface area contributed by atoms with Crippen molar-refractivity contribution in [3.63, 3.8) is 0 Å². The molecule has 1 aromatic rings. The molecule has 0 aliphatic rings. The monoisotopic (exact) mass is 294 g/mol. The molecule has 0 amide bonds. The first-order valence-electron chi connectivity index (χ1n) is 6.70. The summed E-state index contributed by atoms with van der Waals surface area (Å²) in [6.45, 7) is 6.30. The quantitative estimate of drug-likeness (QED) is 0.517. The Labute approximate surface area is 127 Å². The van der Waals surface area contributed by atoms with Gasteiger partial charge in [-0.25, -0.2) is 0 Å². The van der Waals surface area contributed by atoms with E-state index in [1.807, 2.05) is 6.07 Å². The van der Waals surface area contributed by atoms with Crippen LogP contribution in [0.25, 0.3) is 0 Å². The van der Waals surface area contributed by atoms with Crippen LogP contribution in [0.1, 0.15) is 22.3 Å². The van der Waals surface area contributed by atoms with Gasteiger partial charge in [0.25, 0.3) is 0 Å². The molecule has 106 valence electrons. The maximum absolute atomic E-state index is 12.2. The molecule has 0 atom stereocenters. The van der Waals surface area contributed by atoms with E-state index >= 15 is 0 Å². The number of rotatable bonds is 2. The van der Waals surface area contributed by atoms with Crippen molar-refractivity contribution in [3.8, 4) is 35.1 Å². The van der Waals surface area contributed by atoms with E-state index in [1.165, 1.54) is 0 Å². The standard InChI is InChI=1S/C18H18O2Si/c1-21(2,3)15-13-18(20)17-12-8-7-11-16(17)10-6-4-5-9-14-19/h7-8,11-12,19H,9,14H2,1-3H3. The lowest BCUT2D eigenvalue weighted by Gasteiger charge is -2.03.